The lowest BCUT2D eigenvalue weighted by molar-refractivity contribution is 0.0696. The van der Waals surface area contributed by atoms with Crippen LogP contribution in [0.4, 0.5) is 10.2 Å². The van der Waals surface area contributed by atoms with Crippen molar-refractivity contribution in [1.29, 1.82) is 0 Å². The first kappa shape index (κ1) is 18.3. The van der Waals surface area contributed by atoms with Gasteiger partial charge in [0.15, 0.2) is 0 Å². The topological polar surface area (TPSA) is 65.5 Å². The highest BCUT2D eigenvalue weighted by Gasteiger charge is 2.18. The van der Waals surface area contributed by atoms with Crippen molar-refractivity contribution in [1.82, 2.24) is 9.88 Å². The lowest BCUT2D eigenvalue weighted by atomic mass is 9.92. The summed E-state index contributed by atoms with van der Waals surface area (Å²) < 4.78 is 13.2. The predicted octanol–water partition coefficient (Wildman–Crippen LogP) is 3.58. The molecule has 1 atom stereocenters. The summed E-state index contributed by atoms with van der Waals surface area (Å²) in [6.45, 7) is 5.93. The molecule has 3 rings (SSSR count). The number of nitrogens with one attached hydrogen (secondary N) is 1. The zero-order valence-corrected chi connectivity index (χ0v) is 14.9. The number of aromatic carboxylic acids is 1. The van der Waals surface area contributed by atoms with Gasteiger partial charge in [0.1, 0.15) is 11.6 Å². The third kappa shape index (κ3) is 4.38. The van der Waals surface area contributed by atoms with E-state index in [1.807, 2.05) is 6.92 Å². The van der Waals surface area contributed by atoms with E-state index < -0.39 is 5.97 Å². The number of rotatable bonds is 7. The second kappa shape index (κ2) is 8.27. The molecule has 5 nitrogen and oxygen atoms in total. The van der Waals surface area contributed by atoms with Gasteiger partial charge in [0.2, 0.25) is 0 Å². The van der Waals surface area contributed by atoms with Gasteiger partial charge in [-0.3, -0.25) is 0 Å². The largest absolute Gasteiger partial charge is 0.478 e. The van der Waals surface area contributed by atoms with Crippen molar-refractivity contribution in [2.45, 2.75) is 25.7 Å². The Morgan fingerprint density at radius 2 is 2.00 bits per heavy atom. The van der Waals surface area contributed by atoms with Gasteiger partial charge in [-0.25, -0.2) is 14.2 Å². The van der Waals surface area contributed by atoms with Crippen LogP contribution in [0.2, 0.25) is 0 Å². The van der Waals surface area contributed by atoms with Crippen LogP contribution < -0.4 is 5.32 Å². The summed E-state index contributed by atoms with van der Waals surface area (Å²) in [6, 6.07) is 7.94. The fourth-order valence-corrected chi connectivity index (χ4v) is 3.35. The van der Waals surface area contributed by atoms with Crippen molar-refractivity contribution in [3.8, 4) is 0 Å². The zero-order valence-electron chi connectivity index (χ0n) is 14.9. The lowest BCUT2D eigenvalue weighted by Gasteiger charge is -2.20. The normalized spacial score (nSPS) is 15.8. The SMILES string of the molecule is CC(c1ccc(F)cc1)c1cc(C(=O)O)cnc1NCCN1CCCC1. The Morgan fingerprint density at radius 3 is 2.65 bits per heavy atom. The molecule has 1 aromatic heterocycles. The maximum Gasteiger partial charge on any atom is 0.337 e. The van der Waals surface area contributed by atoms with Gasteiger partial charge in [-0.05, 0) is 49.7 Å². The highest BCUT2D eigenvalue weighted by atomic mass is 19.1. The Balaban J connectivity index is 1.80. The van der Waals surface area contributed by atoms with Crippen molar-refractivity contribution < 1.29 is 14.3 Å². The predicted molar refractivity (Wildman–Crippen MR) is 99.3 cm³/mol. The molecule has 26 heavy (non-hydrogen) atoms. The first-order chi connectivity index (χ1) is 12.5. The molecule has 6 heteroatoms. The van der Waals surface area contributed by atoms with Crippen LogP contribution in [0, 0.1) is 5.82 Å². The monoisotopic (exact) mass is 357 g/mol. The van der Waals surface area contributed by atoms with Crippen LogP contribution in [0.1, 0.15) is 47.2 Å². The van der Waals surface area contributed by atoms with Gasteiger partial charge in [0.25, 0.3) is 0 Å². The maximum absolute atomic E-state index is 13.2. The first-order valence-electron chi connectivity index (χ1n) is 8.99. The summed E-state index contributed by atoms with van der Waals surface area (Å²) in [5.74, 6) is -0.710. The zero-order chi connectivity index (χ0) is 18.5. The maximum atomic E-state index is 13.2. The van der Waals surface area contributed by atoms with Crippen molar-refractivity contribution in [2.24, 2.45) is 0 Å². The fraction of sp³-hybridized carbons (Fsp3) is 0.400. The molecule has 138 valence electrons. The molecular formula is C20H24FN3O2. The van der Waals surface area contributed by atoms with Gasteiger partial charge < -0.3 is 15.3 Å². The number of hydrogen-bond acceptors (Lipinski definition) is 4. The average molecular weight is 357 g/mol. The Kier molecular flexibility index (Phi) is 5.83. The number of benzene rings is 1. The van der Waals surface area contributed by atoms with E-state index in [4.69, 9.17) is 0 Å². The van der Waals surface area contributed by atoms with Gasteiger partial charge in [-0.1, -0.05) is 19.1 Å². The number of carbonyl (C=O) groups is 1. The van der Waals surface area contributed by atoms with Crippen molar-refractivity contribution in [2.75, 3.05) is 31.5 Å². The summed E-state index contributed by atoms with van der Waals surface area (Å²) >= 11 is 0. The molecule has 0 saturated carbocycles. The molecule has 0 radical (unpaired) electrons. The molecular weight excluding hydrogens is 333 g/mol. The third-order valence-corrected chi connectivity index (χ3v) is 4.92. The number of carboxylic acids is 1. The highest BCUT2D eigenvalue weighted by Crippen LogP contribution is 2.30. The van der Waals surface area contributed by atoms with E-state index in [1.165, 1.54) is 31.2 Å². The van der Waals surface area contributed by atoms with Crippen LogP contribution in [0.5, 0.6) is 0 Å². The van der Waals surface area contributed by atoms with Gasteiger partial charge in [0.05, 0.1) is 5.56 Å². The van der Waals surface area contributed by atoms with E-state index in [0.29, 0.717) is 5.82 Å². The van der Waals surface area contributed by atoms with Crippen molar-refractivity contribution >= 4 is 11.8 Å². The van der Waals surface area contributed by atoms with Gasteiger partial charge >= 0.3 is 5.97 Å². The molecule has 1 aliphatic heterocycles. The summed E-state index contributed by atoms with van der Waals surface area (Å²) in [5, 5.41) is 12.6. The lowest BCUT2D eigenvalue weighted by Crippen LogP contribution is -2.26. The molecule has 0 spiro atoms. The average Bonchev–Trinajstić information content (AvgIpc) is 3.15. The van der Waals surface area contributed by atoms with Gasteiger partial charge in [-0.2, -0.15) is 0 Å². The summed E-state index contributed by atoms with van der Waals surface area (Å²) in [5.41, 5.74) is 1.87. The van der Waals surface area contributed by atoms with Gasteiger partial charge in [0, 0.05) is 30.8 Å². The number of hydrogen-bond donors (Lipinski definition) is 2. The van der Waals surface area contributed by atoms with E-state index in [9.17, 15) is 14.3 Å². The minimum Gasteiger partial charge on any atom is -0.478 e. The number of pyridine rings is 1. The third-order valence-electron chi connectivity index (χ3n) is 4.92. The van der Waals surface area contributed by atoms with Gasteiger partial charge in [-0.15, -0.1) is 0 Å². The molecule has 1 unspecified atom stereocenters. The minimum atomic E-state index is -1.01. The molecule has 0 aliphatic carbocycles. The summed E-state index contributed by atoms with van der Waals surface area (Å²) in [7, 11) is 0. The molecule has 0 bridgehead atoms. The second-order valence-corrected chi connectivity index (χ2v) is 6.72. The molecule has 2 N–H and O–H groups in total. The van der Waals surface area contributed by atoms with E-state index in [-0.39, 0.29) is 17.3 Å². The Hall–Kier alpha value is -2.47. The van der Waals surface area contributed by atoms with E-state index in [0.717, 1.165) is 37.3 Å². The smallest absolute Gasteiger partial charge is 0.337 e. The quantitative estimate of drug-likeness (QED) is 0.793. The van der Waals surface area contributed by atoms with Crippen LogP contribution >= 0.6 is 0 Å². The second-order valence-electron chi connectivity index (χ2n) is 6.72. The summed E-state index contributed by atoms with van der Waals surface area (Å²) in [4.78, 5) is 18.1. The molecule has 2 heterocycles. The molecule has 1 aromatic carbocycles. The number of likely N-dealkylation sites (tertiary alicyclic amines) is 1. The highest BCUT2D eigenvalue weighted by molar-refractivity contribution is 5.88. The molecule has 1 fully saturated rings. The van der Waals surface area contributed by atoms with Crippen molar-refractivity contribution in [3.05, 3.63) is 59.0 Å². The minimum absolute atomic E-state index is 0.100. The molecule has 2 aromatic rings. The van der Waals surface area contributed by atoms with Crippen LogP contribution in [-0.2, 0) is 0 Å². The number of aromatic nitrogens is 1. The van der Waals surface area contributed by atoms with Crippen LogP contribution in [-0.4, -0.2) is 47.1 Å². The number of anilines is 1. The van der Waals surface area contributed by atoms with Crippen LogP contribution in [0.3, 0.4) is 0 Å². The molecule has 1 aliphatic rings. The standard InChI is InChI=1S/C20H24FN3O2/c1-14(15-4-6-17(21)7-5-15)18-12-16(20(25)26)13-23-19(18)22-8-11-24-9-2-3-10-24/h4-7,12-14H,2-3,8-11H2,1H3,(H,22,23)(H,25,26). The van der Waals surface area contributed by atoms with Crippen molar-refractivity contribution in [3.63, 3.8) is 0 Å². The number of nitrogens with zero attached hydrogens (tertiary/aromatic N) is 2. The Morgan fingerprint density at radius 1 is 1.31 bits per heavy atom. The number of halogens is 1. The fourth-order valence-electron chi connectivity index (χ4n) is 3.35. The van der Waals surface area contributed by atoms with E-state index >= 15 is 0 Å². The van der Waals surface area contributed by atoms with E-state index in [1.54, 1.807) is 18.2 Å². The summed E-state index contributed by atoms with van der Waals surface area (Å²) in [6.07, 6.45) is 3.87. The Labute approximate surface area is 152 Å². The van der Waals surface area contributed by atoms with Crippen LogP contribution in [0.15, 0.2) is 36.5 Å². The van der Waals surface area contributed by atoms with E-state index in [2.05, 4.69) is 15.2 Å². The van der Waals surface area contributed by atoms with Crippen LogP contribution in [0.25, 0.3) is 0 Å². The first-order valence-corrected chi connectivity index (χ1v) is 8.99. The number of carboxylic acid groups (broad SMARTS) is 1. The Bertz CT molecular complexity index is 758. The molecule has 1 saturated heterocycles. The molecule has 0 amide bonds.